The second-order valence-corrected chi connectivity index (χ2v) is 7.18. The van der Waals surface area contributed by atoms with Gasteiger partial charge in [-0.15, -0.1) is 0 Å². The molecule has 0 aliphatic carbocycles. The zero-order valence-corrected chi connectivity index (χ0v) is 14.9. The molecule has 0 spiro atoms. The van der Waals surface area contributed by atoms with E-state index in [4.69, 9.17) is 4.52 Å². The molecular weight excluding hydrogens is 374 g/mol. The van der Waals surface area contributed by atoms with Gasteiger partial charge in [0.1, 0.15) is 5.76 Å². The van der Waals surface area contributed by atoms with E-state index < -0.39 is 4.92 Å². The van der Waals surface area contributed by atoms with Crippen LogP contribution in [0.15, 0.2) is 28.8 Å². The Bertz CT molecular complexity index is 1070. The molecule has 11 heteroatoms. The van der Waals surface area contributed by atoms with Crippen molar-refractivity contribution in [2.45, 2.75) is 6.92 Å². The van der Waals surface area contributed by atoms with Crippen molar-refractivity contribution >= 4 is 44.2 Å². The summed E-state index contributed by atoms with van der Waals surface area (Å²) in [5, 5.41) is 17.6. The first-order valence-electron chi connectivity index (χ1n) is 7.99. The zero-order valence-electron chi connectivity index (χ0n) is 14.0. The molecule has 2 aromatic heterocycles. The fourth-order valence-electron chi connectivity index (χ4n) is 2.73. The predicted molar refractivity (Wildman–Crippen MR) is 95.5 cm³/mol. The summed E-state index contributed by atoms with van der Waals surface area (Å²) in [6.45, 7) is 2.27. The molecular formula is C16H13N5O5S. The Kier molecular flexibility index (Phi) is 4.07. The van der Waals surface area contributed by atoms with Crippen LogP contribution in [0.25, 0.3) is 10.2 Å². The van der Waals surface area contributed by atoms with Crippen molar-refractivity contribution in [1.82, 2.24) is 15.0 Å². The van der Waals surface area contributed by atoms with Crippen LogP contribution in [0, 0.1) is 23.0 Å². The summed E-state index contributed by atoms with van der Waals surface area (Å²) in [5.74, 6) is -0.320. The highest BCUT2D eigenvalue weighted by Crippen LogP contribution is 2.30. The van der Waals surface area contributed by atoms with Gasteiger partial charge in [0.2, 0.25) is 5.91 Å². The molecule has 1 fully saturated rings. The van der Waals surface area contributed by atoms with E-state index in [1.807, 2.05) is 0 Å². The second kappa shape index (κ2) is 6.43. The number of carbonyl (C=O) groups is 2. The fraction of sp³-hybridized carbons (Fsp3) is 0.250. The van der Waals surface area contributed by atoms with Crippen molar-refractivity contribution in [3.63, 3.8) is 0 Å². The van der Waals surface area contributed by atoms with Gasteiger partial charge in [0, 0.05) is 31.3 Å². The van der Waals surface area contributed by atoms with Crippen molar-refractivity contribution in [3.8, 4) is 0 Å². The van der Waals surface area contributed by atoms with Gasteiger partial charge in [0.25, 0.3) is 11.6 Å². The van der Waals surface area contributed by atoms with Crippen LogP contribution < -0.4 is 5.32 Å². The number of benzene rings is 1. The van der Waals surface area contributed by atoms with Gasteiger partial charge in [-0.3, -0.25) is 19.7 Å². The van der Waals surface area contributed by atoms with Gasteiger partial charge < -0.3 is 14.7 Å². The van der Waals surface area contributed by atoms with E-state index in [9.17, 15) is 19.7 Å². The van der Waals surface area contributed by atoms with Gasteiger partial charge in [-0.2, -0.15) is 0 Å². The summed E-state index contributed by atoms with van der Waals surface area (Å²) < 4.78 is 5.50. The lowest BCUT2D eigenvalue weighted by molar-refractivity contribution is -0.384. The Labute approximate surface area is 155 Å². The highest BCUT2D eigenvalue weighted by molar-refractivity contribution is 7.22. The summed E-state index contributed by atoms with van der Waals surface area (Å²) in [5.41, 5.74) is 0.770. The molecule has 0 atom stereocenters. The van der Waals surface area contributed by atoms with Crippen LogP contribution in [0.1, 0.15) is 16.2 Å². The number of likely N-dealkylation sites (tertiary alicyclic amines) is 1. The minimum atomic E-state index is -0.478. The fourth-order valence-corrected chi connectivity index (χ4v) is 3.63. The quantitative estimate of drug-likeness (QED) is 0.536. The van der Waals surface area contributed by atoms with Gasteiger partial charge in [-0.1, -0.05) is 16.5 Å². The summed E-state index contributed by atoms with van der Waals surface area (Å²) >= 11 is 1.17. The van der Waals surface area contributed by atoms with E-state index >= 15 is 0 Å². The Hall–Kier alpha value is -3.34. The van der Waals surface area contributed by atoms with Gasteiger partial charge in [-0.25, -0.2) is 4.98 Å². The highest BCUT2D eigenvalue weighted by Gasteiger charge is 2.37. The molecule has 0 saturated carbocycles. The zero-order chi connectivity index (χ0) is 19.1. The number of nitrogens with one attached hydrogen (secondary N) is 1. The van der Waals surface area contributed by atoms with Crippen LogP contribution >= 0.6 is 11.3 Å². The maximum atomic E-state index is 12.3. The van der Waals surface area contributed by atoms with Crippen molar-refractivity contribution in [3.05, 3.63) is 45.8 Å². The molecule has 1 N–H and O–H groups in total. The van der Waals surface area contributed by atoms with E-state index in [0.29, 0.717) is 21.1 Å². The molecule has 1 saturated heterocycles. The summed E-state index contributed by atoms with van der Waals surface area (Å²) in [7, 11) is 0. The number of aryl methyl sites for hydroxylation is 1. The Morgan fingerprint density at radius 3 is 2.81 bits per heavy atom. The van der Waals surface area contributed by atoms with Crippen LogP contribution in [0.4, 0.5) is 10.8 Å². The van der Waals surface area contributed by atoms with E-state index in [0.717, 1.165) is 0 Å². The van der Waals surface area contributed by atoms with Gasteiger partial charge >= 0.3 is 0 Å². The van der Waals surface area contributed by atoms with Crippen LogP contribution in [0.3, 0.4) is 0 Å². The number of amides is 2. The van der Waals surface area contributed by atoms with Gasteiger partial charge in [0.15, 0.2) is 10.8 Å². The Morgan fingerprint density at radius 1 is 1.37 bits per heavy atom. The molecule has 2 amide bonds. The summed E-state index contributed by atoms with van der Waals surface area (Å²) in [6.07, 6.45) is 0. The van der Waals surface area contributed by atoms with Crippen LogP contribution in [-0.4, -0.2) is 44.9 Å². The van der Waals surface area contributed by atoms with E-state index in [1.165, 1.54) is 28.4 Å². The lowest BCUT2D eigenvalue weighted by Crippen LogP contribution is -2.54. The summed E-state index contributed by atoms with van der Waals surface area (Å²) in [6, 6.07) is 5.89. The monoisotopic (exact) mass is 387 g/mol. The average Bonchev–Trinajstić information content (AvgIpc) is 3.17. The number of hydrogen-bond acceptors (Lipinski definition) is 8. The number of anilines is 1. The van der Waals surface area contributed by atoms with E-state index in [1.54, 1.807) is 19.1 Å². The van der Waals surface area contributed by atoms with Crippen LogP contribution in [0.5, 0.6) is 0 Å². The number of nitrogens with zero attached hydrogens (tertiary/aromatic N) is 4. The lowest BCUT2D eigenvalue weighted by atomic mass is 9.99. The van der Waals surface area contributed by atoms with Crippen molar-refractivity contribution in [2.24, 2.45) is 5.92 Å². The topological polar surface area (TPSA) is 131 Å². The number of nitro benzene ring substituents is 1. The van der Waals surface area contributed by atoms with Crippen LogP contribution in [-0.2, 0) is 4.79 Å². The third kappa shape index (κ3) is 3.24. The second-order valence-electron chi connectivity index (χ2n) is 6.15. The first-order chi connectivity index (χ1) is 12.9. The number of hydrogen-bond donors (Lipinski definition) is 1. The average molecular weight is 387 g/mol. The molecule has 3 aromatic rings. The first kappa shape index (κ1) is 17.1. The highest BCUT2D eigenvalue weighted by atomic mass is 32.1. The van der Waals surface area contributed by atoms with Crippen molar-refractivity contribution in [1.29, 1.82) is 0 Å². The number of fused-ring (bicyclic) bond motifs is 1. The standard InChI is InChI=1S/C16H13N5O5S/c1-8-4-12(19-26-8)15(23)20-6-9(7-20)14(22)18-16-17-11-3-2-10(21(24)25)5-13(11)27-16/h2-5,9H,6-7H2,1H3,(H,17,18,22). The number of rotatable bonds is 4. The molecule has 1 aliphatic rings. The third-order valence-electron chi connectivity index (χ3n) is 4.20. The smallest absolute Gasteiger partial charge is 0.276 e. The molecule has 138 valence electrons. The number of aromatic nitrogens is 2. The lowest BCUT2D eigenvalue weighted by Gasteiger charge is -2.37. The van der Waals surface area contributed by atoms with Gasteiger partial charge in [0.05, 0.1) is 21.1 Å². The van der Waals surface area contributed by atoms with Gasteiger partial charge in [-0.05, 0) is 13.0 Å². The molecule has 3 heterocycles. The molecule has 0 unspecified atom stereocenters. The predicted octanol–water partition coefficient (Wildman–Crippen LogP) is 2.21. The molecule has 4 rings (SSSR count). The van der Waals surface area contributed by atoms with E-state index in [-0.39, 0.29) is 42.2 Å². The maximum Gasteiger partial charge on any atom is 0.276 e. The van der Waals surface area contributed by atoms with E-state index in [2.05, 4.69) is 15.5 Å². The Balaban J connectivity index is 1.38. The van der Waals surface area contributed by atoms with Crippen LogP contribution in [0.2, 0.25) is 0 Å². The van der Waals surface area contributed by atoms with Crippen molar-refractivity contribution < 1.29 is 19.0 Å². The molecule has 1 aliphatic heterocycles. The number of non-ortho nitro benzene ring substituents is 1. The Morgan fingerprint density at radius 2 is 2.15 bits per heavy atom. The number of carbonyl (C=O) groups excluding carboxylic acids is 2. The molecule has 27 heavy (non-hydrogen) atoms. The largest absolute Gasteiger partial charge is 0.361 e. The molecule has 0 radical (unpaired) electrons. The third-order valence-corrected chi connectivity index (χ3v) is 5.13. The molecule has 1 aromatic carbocycles. The SMILES string of the molecule is Cc1cc(C(=O)N2CC(C(=O)Nc3nc4ccc([N+](=O)[O-])cc4s3)C2)no1. The molecule has 10 nitrogen and oxygen atoms in total. The normalized spacial score (nSPS) is 14.2. The first-order valence-corrected chi connectivity index (χ1v) is 8.81. The number of thiazole rings is 1. The number of nitro groups is 1. The minimum Gasteiger partial charge on any atom is -0.361 e. The maximum absolute atomic E-state index is 12.3. The summed E-state index contributed by atoms with van der Waals surface area (Å²) in [4.78, 5) is 40.6. The molecule has 0 bridgehead atoms. The van der Waals surface area contributed by atoms with Crippen molar-refractivity contribution in [2.75, 3.05) is 18.4 Å². The minimum absolute atomic E-state index is 0.0275.